The molecule has 2 rings (SSSR count). The van der Waals surface area contributed by atoms with Crippen LogP contribution in [0.2, 0.25) is 5.02 Å². The highest BCUT2D eigenvalue weighted by Crippen LogP contribution is 2.22. The third-order valence-corrected chi connectivity index (χ3v) is 3.41. The molecule has 0 radical (unpaired) electrons. The van der Waals surface area contributed by atoms with Crippen molar-refractivity contribution < 1.29 is 14.3 Å². The molecular weight excluding hydrogens is 307 g/mol. The molecule has 2 aromatic carbocycles. The number of hydrogen-bond donors (Lipinski definition) is 3. The normalized spacial score (nSPS) is 11.8. The van der Waals surface area contributed by atoms with Crippen molar-refractivity contribution in [2.75, 3.05) is 11.9 Å². The average Bonchev–Trinajstić information content (AvgIpc) is 2.48. The van der Waals surface area contributed by atoms with Crippen LogP contribution in [-0.2, 0) is 0 Å². The SMILES string of the molecule is Cc1ccc(NC(=O)NCC(O)c2ccccc2F)c(Cl)c1. The summed E-state index contributed by atoms with van der Waals surface area (Å²) in [6.07, 6.45) is -1.12. The Morgan fingerprint density at radius 3 is 2.73 bits per heavy atom. The molecule has 0 spiro atoms. The van der Waals surface area contributed by atoms with Crippen molar-refractivity contribution in [2.45, 2.75) is 13.0 Å². The fraction of sp³-hybridized carbons (Fsp3) is 0.188. The Hall–Kier alpha value is -2.11. The van der Waals surface area contributed by atoms with Crippen molar-refractivity contribution in [1.82, 2.24) is 5.32 Å². The molecule has 0 aromatic heterocycles. The Kier molecular flexibility index (Phi) is 5.35. The number of amides is 2. The van der Waals surface area contributed by atoms with E-state index in [2.05, 4.69) is 10.6 Å². The molecule has 22 heavy (non-hydrogen) atoms. The van der Waals surface area contributed by atoms with Crippen LogP contribution in [0.4, 0.5) is 14.9 Å². The Bertz CT molecular complexity index is 679. The second-order valence-corrected chi connectivity index (χ2v) is 5.26. The number of benzene rings is 2. The van der Waals surface area contributed by atoms with E-state index in [4.69, 9.17) is 11.6 Å². The van der Waals surface area contributed by atoms with Gasteiger partial charge in [0.2, 0.25) is 0 Å². The Morgan fingerprint density at radius 2 is 2.05 bits per heavy atom. The quantitative estimate of drug-likeness (QED) is 0.804. The smallest absolute Gasteiger partial charge is 0.319 e. The number of carbonyl (C=O) groups excluding carboxylic acids is 1. The number of hydrogen-bond acceptors (Lipinski definition) is 2. The monoisotopic (exact) mass is 322 g/mol. The lowest BCUT2D eigenvalue weighted by Crippen LogP contribution is -2.32. The van der Waals surface area contributed by atoms with Gasteiger partial charge in [0, 0.05) is 12.1 Å². The summed E-state index contributed by atoms with van der Waals surface area (Å²) in [5.74, 6) is -0.515. The van der Waals surface area contributed by atoms with Crippen molar-refractivity contribution in [2.24, 2.45) is 0 Å². The molecule has 4 nitrogen and oxygen atoms in total. The number of carbonyl (C=O) groups is 1. The summed E-state index contributed by atoms with van der Waals surface area (Å²) < 4.78 is 13.5. The summed E-state index contributed by atoms with van der Waals surface area (Å²) >= 11 is 6.01. The second-order valence-electron chi connectivity index (χ2n) is 4.86. The average molecular weight is 323 g/mol. The Labute approximate surface area is 132 Å². The molecule has 0 bridgehead atoms. The summed E-state index contributed by atoms with van der Waals surface area (Å²) in [5.41, 5.74) is 1.58. The number of urea groups is 1. The zero-order valence-corrected chi connectivity index (χ0v) is 12.7. The zero-order chi connectivity index (χ0) is 16.1. The number of aliphatic hydroxyl groups excluding tert-OH is 1. The fourth-order valence-corrected chi connectivity index (χ4v) is 2.22. The van der Waals surface area contributed by atoms with Crippen LogP contribution >= 0.6 is 11.6 Å². The minimum absolute atomic E-state index is 0.115. The number of rotatable bonds is 4. The van der Waals surface area contributed by atoms with Gasteiger partial charge < -0.3 is 15.7 Å². The highest BCUT2D eigenvalue weighted by molar-refractivity contribution is 6.33. The lowest BCUT2D eigenvalue weighted by molar-refractivity contribution is 0.170. The van der Waals surface area contributed by atoms with E-state index in [1.165, 1.54) is 18.2 Å². The topological polar surface area (TPSA) is 61.4 Å². The molecular formula is C16H16ClFN2O2. The fourth-order valence-electron chi connectivity index (χ4n) is 1.93. The second kappa shape index (κ2) is 7.24. The molecule has 2 aromatic rings. The highest BCUT2D eigenvalue weighted by atomic mass is 35.5. The van der Waals surface area contributed by atoms with Gasteiger partial charge in [0.1, 0.15) is 5.82 Å². The maximum atomic E-state index is 13.5. The molecule has 6 heteroatoms. The van der Waals surface area contributed by atoms with Crippen molar-refractivity contribution in [1.29, 1.82) is 0 Å². The third kappa shape index (κ3) is 4.19. The Morgan fingerprint density at radius 1 is 1.32 bits per heavy atom. The van der Waals surface area contributed by atoms with E-state index >= 15 is 0 Å². The lowest BCUT2D eigenvalue weighted by Gasteiger charge is -2.14. The van der Waals surface area contributed by atoms with E-state index in [0.29, 0.717) is 10.7 Å². The number of aryl methyl sites for hydroxylation is 1. The first kappa shape index (κ1) is 16.3. The number of nitrogens with one attached hydrogen (secondary N) is 2. The Balaban J connectivity index is 1.91. The molecule has 0 heterocycles. The standard InChI is InChI=1S/C16H16ClFN2O2/c1-10-6-7-14(12(17)8-10)20-16(22)19-9-15(21)11-4-2-3-5-13(11)18/h2-8,15,21H,9H2,1H3,(H2,19,20,22). The van der Waals surface area contributed by atoms with Crippen LogP contribution in [0.25, 0.3) is 0 Å². The van der Waals surface area contributed by atoms with Gasteiger partial charge in [-0.2, -0.15) is 0 Å². The molecule has 0 aliphatic carbocycles. The van der Waals surface area contributed by atoms with Gasteiger partial charge in [0.25, 0.3) is 0 Å². The minimum atomic E-state index is -1.12. The van der Waals surface area contributed by atoms with Gasteiger partial charge in [-0.25, -0.2) is 9.18 Å². The molecule has 116 valence electrons. The molecule has 1 unspecified atom stereocenters. The van der Waals surface area contributed by atoms with E-state index in [1.807, 2.05) is 13.0 Å². The van der Waals surface area contributed by atoms with Crippen LogP contribution in [-0.4, -0.2) is 17.7 Å². The van der Waals surface area contributed by atoms with Crippen LogP contribution < -0.4 is 10.6 Å². The summed E-state index contributed by atoms with van der Waals surface area (Å²) in [6.45, 7) is 1.77. The molecule has 3 N–H and O–H groups in total. The maximum Gasteiger partial charge on any atom is 0.319 e. The number of halogens is 2. The van der Waals surface area contributed by atoms with E-state index in [-0.39, 0.29) is 12.1 Å². The van der Waals surface area contributed by atoms with Gasteiger partial charge in [-0.15, -0.1) is 0 Å². The zero-order valence-electron chi connectivity index (χ0n) is 11.9. The number of aliphatic hydroxyl groups is 1. The highest BCUT2D eigenvalue weighted by Gasteiger charge is 2.13. The molecule has 0 saturated heterocycles. The first-order valence-corrected chi connectivity index (χ1v) is 7.08. The van der Waals surface area contributed by atoms with E-state index in [0.717, 1.165) is 5.56 Å². The van der Waals surface area contributed by atoms with Gasteiger partial charge in [0.15, 0.2) is 0 Å². The largest absolute Gasteiger partial charge is 0.386 e. The molecule has 0 aliphatic rings. The van der Waals surface area contributed by atoms with E-state index in [9.17, 15) is 14.3 Å². The third-order valence-electron chi connectivity index (χ3n) is 3.09. The first-order chi connectivity index (χ1) is 10.5. The van der Waals surface area contributed by atoms with Crippen molar-refractivity contribution in [3.63, 3.8) is 0 Å². The van der Waals surface area contributed by atoms with Crippen molar-refractivity contribution in [3.8, 4) is 0 Å². The summed E-state index contributed by atoms with van der Waals surface area (Å²) in [4.78, 5) is 11.8. The van der Waals surface area contributed by atoms with Crippen LogP contribution in [0.15, 0.2) is 42.5 Å². The van der Waals surface area contributed by atoms with Gasteiger partial charge >= 0.3 is 6.03 Å². The van der Waals surface area contributed by atoms with Crippen molar-refractivity contribution >= 4 is 23.3 Å². The molecule has 0 saturated carbocycles. The minimum Gasteiger partial charge on any atom is -0.386 e. The number of anilines is 1. The van der Waals surface area contributed by atoms with Gasteiger partial charge in [-0.3, -0.25) is 0 Å². The van der Waals surface area contributed by atoms with Gasteiger partial charge in [-0.05, 0) is 30.7 Å². The molecule has 0 fully saturated rings. The van der Waals surface area contributed by atoms with E-state index in [1.54, 1.807) is 18.2 Å². The lowest BCUT2D eigenvalue weighted by atomic mass is 10.1. The van der Waals surface area contributed by atoms with Gasteiger partial charge in [-0.1, -0.05) is 35.9 Å². The maximum absolute atomic E-state index is 13.5. The summed E-state index contributed by atoms with van der Waals surface area (Å²) in [6, 6.07) is 10.6. The molecule has 2 amide bonds. The predicted octanol–water partition coefficient (Wildman–Crippen LogP) is 3.64. The van der Waals surface area contributed by atoms with Crippen LogP contribution in [0, 0.1) is 12.7 Å². The first-order valence-electron chi connectivity index (χ1n) is 6.71. The van der Waals surface area contributed by atoms with Crippen LogP contribution in [0.1, 0.15) is 17.2 Å². The van der Waals surface area contributed by atoms with Gasteiger partial charge in [0.05, 0.1) is 16.8 Å². The summed E-state index contributed by atoms with van der Waals surface area (Å²) in [5, 5.41) is 15.4. The molecule has 0 aliphatic heterocycles. The predicted molar refractivity (Wildman–Crippen MR) is 84.6 cm³/mol. The van der Waals surface area contributed by atoms with Crippen molar-refractivity contribution in [3.05, 3.63) is 64.4 Å². The van der Waals surface area contributed by atoms with Crippen LogP contribution in [0.5, 0.6) is 0 Å². The van der Waals surface area contributed by atoms with E-state index < -0.39 is 18.0 Å². The summed E-state index contributed by atoms with van der Waals surface area (Å²) in [7, 11) is 0. The van der Waals surface area contributed by atoms with Crippen LogP contribution in [0.3, 0.4) is 0 Å². The molecule has 1 atom stereocenters.